The summed E-state index contributed by atoms with van der Waals surface area (Å²) in [6, 6.07) is 8.97. The summed E-state index contributed by atoms with van der Waals surface area (Å²) in [5.41, 5.74) is 1.74. The van der Waals surface area contributed by atoms with Crippen LogP contribution >= 0.6 is 11.8 Å². The Bertz CT molecular complexity index is 1080. The van der Waals surface area contributed by atoms with Crippen molar-refractivity contribution in [2.24, 2.45) is 10.1 Å². The van der Waals surface area contributed by atoms with Crippen LogP contribution in [0.15, 0.2) is 58.4 Å². The highest BCUT2D eigenvalue weighted by Gasteiger charge is 2.36. The Kier molecular flexibility index (Phi) is 3.54. The molecule has 3 aliphatic rings. The molecule has 2 aromatic rings. The number of carbonyl (C=O) groups excluding carboxylic acids is 1. The number of fused-ring (bicyclic) bond motifs is 2. The van der Waals surface area contributed by atoms with Crippen molar-refractivity contribution >= 4 is 39.8 Å². The van der Waals surface area contributed by atoms with Crippen molar-refractivity contribution < 1.29 is 14.3 Å². The van der Waals surface area contributed by atoms with Gasteiger partial charge < -0.3 is 9.47 Å². The Hall–Kier alpha value is -3.46. The third-order valence-corrected chi connectivity index (χ3v) is 5.05. The first-order valence-corrected chi connectivity index (χ1v) is 8.81. The first kappa shape index (κ1) is 15.8. The van der Waals surface area contributed by atoms with Crippen LogP contribution < -0.4 is 9.47 Å². The van der Waals surface area contributed by atoms with Gasteiger partial charge in [-0.2, -0.15) is 15.1 Å². The Labute approximate surface area is 157 Å². The van der Waals surface area contributed by atoms with Crippen LogP contribution in [0.4, 0.5) is 0 Å². The zero-order valence-electron chi connectivity index (χ0n) is 13.7. The number of aliphatic imine (C=N–C) groups is 1. The lowest BCUT2D eigenvalue weighted by Crippen LogP contribution is -2.35. The van der Waals surface area contributed by atoms with Gasteiger partial charge in [-0.3, -0.25) is 15.2 Å². The molecule has 0 unspecified atom stereocenters. The Balaban J connectivity index is 1.49. The summed E-state index contributed by atoms with van der Waals surface area (Å²) < 4.78 is 10.6. The lowest BCUT2D eigenvalue weighted by Gasteiger charge is -2.20. The van der Waals surface area contributed by atoms with Crippen molar-refractivity contribution in [3.8, 4) is 11.5 Å². The smallest absolute Gasteiger partial charge is 0.283 e. The summed E-state index contributed by atoms with van der Waals surface area (Å²) in [4.78, 5) is 20.6. The maximum Gasteiger partial charge on any atom is 0.283 e. The van der Waals surface area contributed by atoms with E-state index in [0.29, 0.717) is 21.7 Å². The number of thioether (sulfide) groups is 1. The minimum Gasteiger partial charge on any atom is -0.454 e. The molecule has 0 aliphatic carbocycles. The number of nitrogens with zero attached hydrogens (tertiary/aromatic N) is 4. The number of amides is 1. The number of benzene rings is 1. The number of hydrogen-bond donors (Lipinski definition) is 1. The average Bonchev–Trinajstić information content (AvgIpc) is 3.32. The number of hydrazone groups is 1. The van der Waals surface area contributed by atoms with Crippen molar-refractivity contribution in [1.82, 2.24) is 9.99 Å². The summed E-state index contributed by atoms with van der Waals surface area (Å²) in [5.74, 6) is 0.782. The predicted molar refractivity (Wildman–Crippen MR) is 101 cm³/mol. The van der Waals surface area contributed by atoms with Gasteiger partial charge in [-0.25, -0.2) is 0 Å². The molecule has 5 rings (SSSR count). The molecule has 1 amide bonds. The number of carbonyl (C=O) groups is 1. The van der Waals surface area contributed by atoms with Gasteiger partial charge in [0, 0.05) is 18.0 Å². The maximum absolute atomic E-state index is 12.5. The fraction of sp³-hybridized carbons (Fsp3) is 0.0556. The fourth-order valence-electron chi connectivity index (χ4n) is 2.77. The minimum absolute atomic E-state index is 0.0146. The van der Waals surface area contributed by atoms with E-state index in [1.165, 1.54) is 16.8 Å². The first-order valence-electron chi connectivity index (χ1n) is 7.99. The molecule has 0 spiro atoms. The maximum atomic E-state index is 12.5. The zero-order chi connectivity index (χ0) is 18.4. The van der Waals surface area contributed by atoms with E-state index in [4.69, 9.17) is 14.9 Å². The Morgan fingerprint density at radius 1 is 1.15 bits per heavy atom. The van der Waals surface area contributed by atoms with Gasteiger partial charge in [0.05, 0.1) is 5.57 Å². The van der Waals surface area contributed by atoms with Gasteiger partial charge in [-0.15, -0.1) is 0 Å². The van der Waals surface area contributed by atoms with Crippen LogP contribution in [0, 0.1) is 5.41 Å². The van der Waals surface area contributed by atoms with Crippen molar-refractivity contribution in [1.29, 1.82) is 5.41 Å². The lowest BCUT2D eigenvalue weighted by molar-refractivity contribution is -0.114. The van der Waals surface area contributed by atoms with Crippen molar-refractivity contribution in [2.45, 2.75) is 0 Å². The highest BCUT2D eigenvalue weighted by atomic mass is 32.2. The molecule has 3 aliphatic heterocycles. The van der Waals surface area contributed by atoms with E-state index in [0.717, 1.165) is 11.1 Å². The van der Waals surface area contributed by atoms with Crippen LogP contribution in [0.3, 0.4) is 0 Å². The second-order valence-electron chi connectivity index (χ2n) is 5.77. The average molecular weight is 377 g/mol. The number of aromatic nitrogens is 1. The molecule has 4 heterocycles. The Morgan fingerprint density at radius 3 is 2.81 bits per heavy atom. The van der Waals surface area contributed by atoms with Gasteiger partial charge in [-0.1, -0.05) is 6.07 Å². The highest BCUT2D eigenvalue weighted by Crippen LogP contribution is 2.34. The van der Waals surface area contributed by atoms with Crippen molar-refractivity contribution in [2.75, 3.05) is 6.79 Å². The van der Waals surface area contributed by atoms with Crippen LogP contribution in [0.2, 0.25) is 0 Å². The van der Waals surface area contributed by atoms with Gasteiger partial charge in [0.2, 0.25) is 12.0 Å². The number of pyridine rings is 1. The second-order valence-corrected chi connectivity index (χ2v) is 6.73. The van der Waals surface area contributed by atoms with E-state index >= 15 is 0 Å². The molecule has 9 heteroatoms. The molecule has 0 bridgehead atoms. The van der Waals surface area contributed by atoms with E-state index in [-0.39, 0.29) is 18.2 Å². The molecule has 0 saturated heterocycles. The number of nitrogens with one attached hydrogen (secondary N) is 1. The molecule has 0 saturated carbocycles. The van der Waals surface area contributed by atoms with Crippen LogP contribution in [-0.4, -0.2) is 38.7 Å². The molecular weight excluding hydrogens is 366 g/mol. The SMILES string of the molecule is N=C1C(=Cc2ccc3c(c2)OCO3)C(=O)N=C2SC(c3ccncc3)=NN12. The molecule has 0 radical (unpaired) electrons. The van der Waals surface area contributed by atoms with Crippen LogP contribution in [0.1, 0.15) is 11.1 Å². The lowest BCUT2D eigenvalue weighted by atomic mass is 10.1. The minimum atomic E-state index is -0.470. The van der Waals surface area contributed by atoms with Crippen molar-refractivity contribution in [3.63, 3.8) is 0 Å². The molecule has 1 aromatic carbocycles. The van der Waals surface area contributed by atoms with Crippen molar-refractivity contribution in [3.05, 3.63) is 59.4 Å². The third kappa shape index (κ3) is 2.68. The molecule has 0 atom stereocenters. The summed E-state index contributed by atoms with van der Waals surface area (Å²) >= 11 is 1.25. The van der Waals surface area contributed by atoms with Gasteiger partial charge in [0.1, 0.15) is 5.04 Å². The third-order valence-electron chi connectivity index (χ3n) is 4.09. The largest absolute Gasteiger partial charge is 0.454 e. The Morgan fingerprint density at radius 2 is 1.96 bits per heavy atom. The van der Waals surface area contributed by atoms with E-state index in [1.807, 2.05) is 12.1 Å². The first-order chi connectivity index (χ1) is 13.2. The topological polar surface area (TPSA) is 100 Å². The van der Waals surface area contributed by atoms with E-state index < -0.39 is 5.91 Å². The fourth-order valence-corrected chi connectivity index (χ4v) is 3.67. The molecular formula is C18H11N5O3S. The van der Waals surface area contributed by atoms with E-state index in [1.54, 1.807) is 36.7 Å². The quantitative estimate of drug-likeness (QED) is 0.807. The number of rotatable bonds is 2. The number of ether oxygens (including phenoxy) is 2. The zero-order valence-corrected chi connectivity index (χ0v) is 14.6. The number of hydrogen-bond acceptors (Lipinski definition) is 7. The monoisotopic (exact) mass is 377 g/mol. The number of amidine groups is 2. The van der Waals surface area contributed by atoms with Crippen LogP contribution in [-0.2, 0) is 4.79 Å². The van der Waals surface area contributed by atoms with Gasteiger partial charge >= 0.3 is 0 Å². The van der Waals surface area contributed by atoms with Gasteiger partial charge in [0.25, 0.3) is 5.91 Å². The summed E-state index contributed by atoms with van der Waals surface area (Å²) in [6.07, 6.45) is 4.94. The van der Waals surface area contributed by atoms with Gasteiger partial charge in [0.15, 0.2) is 17.3 Å². The summed E-state index contributed by atoms with van der Waals surface area (Å²) in [6.45, 7) is 0.176. The van der Waals surface area contributed by atoms with Crippen LogP contribution in [0.25, 0.3) is 6.08 Å². The van der Waals surface area contributed by atoms with E-state index in [9.17, 15) is 4.79 Å². The predicted octanol–water partition coefficient (Wildman–Crippen LogP) is 2.48. The summed E-state index contributed by atoms with van der Waals surface area (Å²) in [5, 5.41) is 15.3. The standard InChI is InChI=1S/C18H11N5O3S/c19-15-12(7-10-1-2-13-14(8-10)26-9-25-13)16(24)21-18-23(15)22-17(27-18)11-3-5-20-6-4-11/h1-8,19H,9H2. The molecule has 1 N–H and O–H groups in total. The normalized spacial score (nSPS) is 19.3. The second kappa shape index (κ2) is 6.06. The molecule has 132 valence electrons. The summed E-state index contributed by atoms with van der Waals surface area (Å²) in [7, 11) is 0. The molecule has 8 nitrogen and oxygen atoms in total. The van der Waals surface area contributed by atoms with E-state index in [2.05, 4.69) is 15.1 Å². The molecule has 27 heavy (non-hydrogen) atoms. The molecule has 1 aromatic heterocycles. The van der Waals surface area contributed by atoms with Crippen LogP contribution in [0.5, 0.6) is 11.5 Å². The highest BCUT2D eigenvalue weighted by molar-refractivity contribution is 8.27. The molecule has 0 fully saturated rings. The van der Waals surface area contributed by atoms with Gasteiger partial charge in [-0.05, 0) is 47.7 Å².